The Morgan fingerprint density at radius 1 is 1.26 bits per heavy atom. The van der Waals surface area contributed by atoms with Crippen molar-refractivity contribution in [2.24, 2.45) is 0 Å². The molecule has 0 saturated heterocycles. The smallest absolute Gasteiger partial charge is 0.257 e. The van der Waals surface area contributed by atoms with E-state index in [2.05, 4.69) is 31.8 Å². The van der Waals surface area contributed by atoms with Crippen molar-refractivity contribution < 1.29 is 4.79 Å². The van der Waals surface area contributed by atoms with Gasteiger partial charge in [-0.2, -0.15) is 5.10 Å². The first-order chi connectivity index (χ1) is 13.3. The number of fused-ring (bicyclic) bond motifs is 2. The first-order valence-corrected chi connectivity index (χ1v) is 9.54. The van der Waals surface area contributed by atoms with Crippen molar-refractivity contribution in [1.82, 2.24) is 24.9 Å². The molecule has 7 nitrogen and oxygen atoms in total. The van der Waals surface area contributed by atoms with Crippen LogP contribution in [0.15, 0.2) is 54.3 Å². The highest BCUT2D eigenvalue weighted by Crippen LogP contribution is 2.32. The molecule has 1 aromatic carbocycles. The number of carbonyl (C=O) groups is 1. The summed E-state index contributed by atoms with van der Waals surface area (Å²) in [6.07, 6.45) is 6.07. The lowest BCUT2D eigenvalue weighted by atomic mass is 9.89. The second-order valence-electron chi connectivity index (χ2n) is 6.29. The Balaban J connectivity index is 1.52. The Hall–Kier alpha value is -3.10. The Morgan fingerprint density at radius 2 is 2.22 bits per heavy atom. The van der Waals surface area contributed by atoms with Gasteiger partial charge >= 0.3 is 0 Å². The molecule has 27 heavy (non-hydrogen) atoms. The molecular formula is C19H16N6OS. The summed E-state index contributed by atoms with van der Waals surface area (Å²) in [5.41, 5.74) is 3.51. The predicted octanol–water partition coefficient (Wildman–Crippen LogP) is 2.67. The number of thiazole rings is 1. The zero-order chi connectivity index (χ0) is 18.2. The van der Waals surface area contributed by atoms with Crippen molar-refractivity contribution in [1.29, 1.82) is 0 Å². The molecule has 4 aromatic rings. The van der Waals surface area contributed by atoms with E-state index in [1.807, 2.05) is 29.6 Å². The molecule has 0 saturated carbocycles. The molecule has 0 bridgehead atoms. The standard InChI is InChI=1S/C19H16N6OS/c26-18(24-14-11-25-15(23-14)5-2-7-22-25)13-4-1-3-12-6-8-20-17(16(12)13)19-21-9-10-27-19/h1-5,7,9-11,17,20H,6,8H2,(H,24,26). The van der Waals surface area contributed by atoms with Gasteiger partial charge in [-0.25, -0.2) is 14.5 Å². The Kier molecular flexibility index (Phi) is 3.92. The highest BCUT2D eigenvalue weighted by molar-refractivity contribution is 7.09. The molecule has 1 aliphatic heterocycles. The average molecular weight is 376 g/mol. The van der Waals surface area contributed by atoms with Crippen molar-refractivity contribution in [2.75, 3.05) is 11.9 Å². The van der Waals surface area contributed by atoms with Crippen LogP contribution in [0.1, 0.15) is 32.5 Å². The van der Waals surface area contributed by atoms with Gasteiger partial charge < -0.3 is 10.6 Å². The lowest BCUT2D eigenvalue weighted by Gasteiger charge is -2.27. The number of amides is 1. The fourth-order valence-corrected chi connectivity index (χ4v) is 4.21. The van der Waals surface area contributed by atoms with E-state index in [1.54, 1.807) is 34.4 Å². The predicted molar refractivity (Wildman–Crippen MR) is 103 cm³/mol. The van der Waals surface area contributed by atoms with Gasteiger partial charge in [0.15, 0.2) is 11.5 Å². The molecule has 2 N–H and O–H groups in total. The highest BCUT2D eigenvalue weighted by Gasteiger charge is 2.28. The second kappa shape index (κ2) is 6.57. The monoisotopic (exact) mass is 376 g/mol. The zero-order valence-electron chi connectivity index (χ0n) is 14.3. The third kappa shape index (κ3) is 2.88. The van der Waals surface area contributed by atoms with Gasteiger partial charge in [0.05, 0.1) is 12.2 Å². The number of nitrogens with one attached hydrogen (secondary N) is 2. The Bertz CT molecular complexity index is 1090. The maximum Gasteiger partial charge on any atom is 0.257 e. The van der Waals surface area contributed by atoms with Gasteiger partial charge in [-0.15, -0.1) is 11.3 Å². The van der Waals surface area contributed by atoms with E-state index >= 15 is 0 Å². The molecule has 0 fully saturated rings. The van der Waals surface area contributed by atoms with E-state index in [4.69, 9.17) is 0 Å². The molecule has 1 unspecified atom stereocenters. The van der Waals surface area contributed by atoms with Crippen LogP contribution in [0.3, 0.4) is 0 Å². The maximum atomic E-state index is 13.1. The third-order valence-corrected chi connectivity index (χ3v) is 5.49. The molecule has 0 aliphatic carbocycles. The molecule has 134 valence electrons. The van der Waals surface area contributed by atoms with Gasteiger partial charge in [0.25, 0.3) is 5.91 Å². The normalized spacial score (nSPS) is 16.2. The topological polar surface area (TPSA) is 84.2 Å². The Morgan fingerprint density at radius 3 is 3.07 bits per heavy atom. The van der Waals surface area contributed by atoms with Crippen LogP contribution in [0.5, 0.6) is 0 Å². The molecule has 1 atom stereocenters. The van der Waals surface area contributed by atoms with Crippen molar-refractivity contribution in [3.8, 4) is 0 Å². The molecule has 5 rings (SSSR count). The maximum absolute atomic E-state index is 13.1. The molecule has 0 spiro atoms. The summed E-state index contributed by atoms with van der Waals surface area (Å²) < 4.78 is 1.63. The molecule has 3 aromatic heterocycles. The summed E-state index contributed by atoms with van der Waals surface area (Å²) in [7, 11) is 0. The van der Waals surface area contributed by atoms with Gasteiger partial charge in [-0.1, -0.05) is 12.1 Å². The molecular weight excluding hydrogens is 360 g/mol. The van der Waals surface area contributed by atoms with Crippen LogP contribution in [0.4, 0.5) is 5.82 Å². The van der Waals surface area contributed by atoms with Crippen LogP contribution in [-0.2, 0) is 6.42 Å². The fourth-order valence-electron chi connectivity index (χ4n) is 3.49. The Labute approximate surface area is 159 Å². The molecule has 8 heteroatoms. The summed E-state index contributed by atoms with van der Waals surface area (Å²) in [4.78, 5) is 21.9. The fraction of sp³-hybridized carbons (Fsp3) is 0.158. The number of hydrogen-bond acceptors (Lipinski definition) is 6. The summed E-state index contributed by atoms with van der Waals surface area (Å²) in [6.45, 7) is 0.862. The van der Waals surface area contributed by atoms with E-state index in [1.165, 1.54) is 5.56 Å². The van der Waals surface area contributed by atoms with Gasteiger partial charge in [0.2, 0.25) is 0 Å². The van der Waals surface area contributed by atoms with E-state index < -0.39 is 0 Å². The number of carbonyl (C=O) groups excluding carboxylic acids is 1. The molecule has 1 aliphatic rings. The first-order valence-electron chi connectivity index (χ1n) is 8.66. The quantitative estimate of drug-likeness (QED) is 0.574. The van der Waals surface area contributed by atoms with Gasteiger partial charge in [-0.05, 0) is 35.7 Å². The van der Waals surface area contributed by atoms with Crippen LogP contribution < -0.4 is 10.6 Å². The molecule has 0 radical (unpaired) electrons. The number of benzene rings is 1. The van der Waals surface area contributed by atoms with E-state index in [-0.39, 0.29) is 11.9 Å². The summed E-state index contributed by atoms with van der Waals surface area (Å²) in [5.74, 6) is 0.298. The lowest BCUT2D eigenvalue weighted by molar-refractivity contribution is 0.102. The molecule has 1 amide bonds. The molecule has 4 heterocycles. The average Bonchev–Trinajstić information content (AvgIpc) is 3.36. The summed E-state index contributed by atoms with van der Waals surface area (Å²) in [5, 5.41) is 13.5. The second-order valence-corrected chi connectivity index (χ2v) is 7.22. The minimum absolute atomic E-state index is 0.0709. The van der Waals surface area contributed by atoms with E-state index in [9.17, 15) is 4.79 Å². The third-order valence-electron chi connectivity index (χ3n) is 4.65. The minimum atomic E-state index is -0.180. The first kappa shape index (κ1) is 16.1. The summed E-state index contributed by atoms with van der Waals surface area (Å²) in [6, 6.07) is 9.46. The lowest BCUT2D eigenvalue weighted by Crippen LogP contribution is -2.33. The van der Waals surface area contributed by atoms with Gasteiger partial charge in [-0.3, -0.25) is 4.79 Å². The van der Waals surface area contributed by atoms with Crippen LogP contribution in [0.2, 0.25) is 0 Å². The van der Waals surface area contributed by atoms with Gasteiger partial charge in [0.1, 0.15) is 5.01 Å². The number of hydrogen-bond donors (Lipinski definition) is 2. The van der Waals surface area contributed by atoms with E-state index in [0.29, 0.717) is 17.0 Å². The van der Waals surface area contributed by atoms with Crippen molar-refractivity contribution in [2.45, 2.75) is 12.5 Å². The van der Waals surface area contributed by atoms with Crippen LogP contribution in [0.25, 0.3) is 5.65 Å². The minimum Gasteiger partial charge on any atom is -0.305 e. The van der Waals surface area contributed by atoms with Crippen LogP contribution >= 0.6 is 11.3 Å². The number of imidazole rings is 1. The SMILES string of the molecule is O=C(Nc1cn2ncccc2n1)c1cccc2c1C(c1nccs1)NCC2. The summed E-state index contributed by atoms with van der Waals surface area (Å²) >= 11 is 1.59. The van der Waals surface area contributed by atoms with Crippen LogP contribution in [0, 0.1) is 0 Å². The van der Waals surface area contributed by atoms with Gasteiger partial charge in [0, 0.05) is 29.9 Å². The van der Waals surface area contributed by atoms with Crippen LogP contribution in [-0.4, -0.2) is 32.0 Å². The highest BCUT2D eigenvalue weighted by atomic mass is 32.1. The number of anilines is 1. The van der Waals surface area contributed by atoms with Crippen molar-refractivity contribution >= 4 is 28.7 Å². The van der Waals surface area contributed by atoms with Crippen molar-refractivity contribution in [3.63, 3.8) is 0 Å². The number of aromatic nitrogens is 4. The number of nitrogens with zero attached hydrogens (tertiary/aromatic N) is 4. The number of rotatable bonds is 3. The largest absolute Gasteiger partial charge is 0.305 e. The zero-order valence-corrected chi connectivity index (χ0v) is 15.1. The van der Waals surface area contributed by atoms with Crippen molar-refractivity contribution in [3.05, 3.63) is 76.0 Å². The van der Waals surface area contributed by atoms with E-state index in [0.717, 1.165) is 23.5 Å².